The van der Waals surface area contributed by atoms with Gasteiger partial charge in [0.25, 0.3) is 0 Å². The first kappa shape index (κ1) is 64.3. The third-order valence-electron chi connectivity index (χ3n) is 15.8. The normalized spacial score (nSPS) is 17.0. The summed E-state index contributed by atoms with van der Waals surface area (Å²) in [6.07, 6.45) is 15.2. The number of rotatable bonds is 21. The van der Waals surface area contributed by atoms with E-state index in [2.05, 4.69) is 172 Å². The summed E-state index contributed by atoms with van der Waals surface area (Å²) in [5, 5.41) is 0. The molecule has 84 heavy (non-hydrogen) atoms. The maximum Gasteiger partial charge on any atom is 0.344 e. The molecule has 0 amide bonds. The number of ether oxygens (including phenoxy) is 9. The first-order valence-corrected chi connectivity index (χ1v) is 36.2. The number of carbonyl (C=O) groups is 3. The van der Waals surface area contributed by atoms with Crippen LogP contribution in [0.1, 0.15) is 128 Å². The number of esters is 3. The van der Waals surface area contributed by atoms with Gasteiger partial charge in [-0.05, 0) is 358 Å². The molecule has 0 aromatic heterocycles. The van der Waals surface area contributed by atoms with Crippen molar-refractivity contribution in [3.05, 3.63) is 130 Å². The highest BCUT2D eigenvalue weighted by Crippen LogP contribution is 2.63. The van der Waals surface area contributed by atoms with E-state index in [1.165, 1.54) is 29.1 Å². The van der Waals surface area contributed by atoms with Crippen molar-refractivity contribution in [3.63, 3.8) is 0 Å². The lowest BCUT2D eigenvalue weighted by atomic mass is 9.86. The fourth-order valence-corrected chi connectivity index (χ4v) is 20.5. The Morgan fingerprint density at radius 1 is 0.393 bits per heavy atom. The Hall–Kier alpha value is -2.74. The van der Waals surface area contributed by atoms with E-state index in [1.54, 1.807) is 0 Å². The second-order valence-corrected chi connectivity index (χ2v) is 31.8. The molecule has 0 bridgehead atoms. The van der Waals surface area contributed by atoms with Crippen LogP contribution in [-0.4, -0.2) is 54.5 Å². The minimum absolute atomic E-state index is 0.144. The van der Waals surface area contributed by atoms with Gasteiger partial charge in [-0.25, -0.2) is 14.4 Å². The highest BCUT2D eigenvalue weighted by molar-refractivity contribution is 14.1. The summed E-state index contributed by atoms with van der Waals surface area (Å²) in [5.41, 5.74) is 2.83. The topological polar surface area (TPSA) is 134 Å². The molecule has 4 aliphatic rings. The number of carbonyl (C=O) groups excluding carboxylic acids is 3. The molecule has 0 saturated heterocycles. The molecule has 0 spiro atoms. The summed E-state index contributed by atoms with van der Waals surface area (Å²) in [4.78, 5) is 42.2. The number of hydrogen-bond donors (Lipinski definition) is 1. The summed E-state index contributed by atoms with van der Waals surface area (Å²) in [6.45, 7) is 6.28. The predicted molar refractivity (Wildman–Crippen MR) is 376 cm³/mol. The second kappa shape index (κ2) is 28.8. The van der Waals surface area contributed by atoms with Crippen LogP contribution in [0.3, 0.4) is 0 Å². The van der Waals surface area contributed by atoms with Gasteiger partial charge in [0, 0.05) is 9.79 Å². The van der Waals surface area contributed by atoms with Gasteiger partial charge in [-0.2, -0.15) is 10.9 Å². The Kier molecular flexibility index (Phi) is 22.0. The van der Waals surface area contributed by atoms with Crippen molar-refractivity contribution in [1.82, 2.24) is 0 Å². The Morgan fingerprint density at radius 3 is 1.06 bits per heavy atom. The fraction of sp³-hybridized carbons (Fsp3) is 0.400. The molecule has 1 heterocycles. The molecule has 3 fully saturated rings. The van der Waals surface area contributed by atoms with Crippen LogP contribution in [-0.2, 0) is 41.8 Å². The Morgan fingerprint density at radius 2 is 0.714 bits per heavy atom. The van der Waals surface area contributed by atoms with E-state index < -0.39 is 27.7 Å². The summed E-state index contributed by atoms with van der Waals surface area (Å²) in [5.74, 6) is 3.71. The Labute approximate surface area is 576 Å². The average Bonchev–Trinajstić information content (AvgIpc) is 2.99. The Bertz CT molecular complexity index is 3170. The molecule has 0 atom stereocenters. The number of fused-ring (bicyclic) bond motifs is 3. The van der Waals surface area contributed by atoms with Crippen molar-refractivity contribution in [3.8, 4) is 51.4 Å². The van der Waals surface area contributed by atoms with Gasteiger partial charge < -0.3 is 42.6 Å². The molecule has 3 saturated carbocycles. The summed E-state index contributed by atoms with van der Waals surface area (Å²) < 4.78 is 60.6. The van der Waals surface area contributed by atoms with Gasteiger partial charge in [0.1, 0.15) is 70.3 Å². The monoisotopic (exact) mass is 1830 g/mol. The van der Waals surface area contributed by atoms with Crippen molar-refractivity contribution in [2.45, 2.75) is 162 Å². The zero-order valence-corrected chi connectivity index (χ0v) is 60.8. The number of thiol groups is 1. The lowest BCUT2D eigenvalue weighted by Crippen LogP contribution is -2.35. The lowest BCUT2D eigenvalue weighted by molar-refractivity contribution is -0.164. The van der Waals surface area contributed by atoms with Crippen LogP contribution < -0.4 is 28.4 Å². The second-order valence-electron chi connectivity index (χ2n) is 22.7. The largest absolute Gasteiger partial charge is 0.489 e. The SMILES string of the molecule is CC1(OC(=O)COc2c(I)cc(COc3ccc4c(c3)-c3cc(OCc5cc(I)c(OCC(=O)OC6(C)CCCCC6)c(I)c5)ccc3[SH]4c3ccc(Oc4cc(I)c(OCC(=O)OC5(C)CCCCC5)c(I)c4)cc3)cc2I)CCCCC1. The molecule has 3 aliphatic carbocycles. The minimum Gasteiger partial charge on any atom is -0.489 e. The van der Waals surface area contributed by atoms with Gasteiger partial charge in [-0.15, -0.1) is 0 Å². The van der Waals surface area contributed by atoms with E-state index in [-0.39, 0.29) is 37.7 Å². The first-order valence-electron chi connectivity index (χ1n) is 28.4. The zero-order valence-electron chi connectivity index (χ0n) is 47.0. The Balaban J connectivity index is 0.839. The third kappa shape index (κ3) is 16.6. The number of benzene rings is 6. The first-order chi connectivity index (χ1) is 40.3. The van der Waals surface area contributed by atoms with E-state index in [4.69, 9.17) is 42.6 Å². The van der Waals surface area contributed by atoms with Crippen molar-refractivity contribution < 1.29 is 57.0 Å². The molecule has 0 unspecified atom stereocenters. The van der Waals surface area contributed by atoms with E-state index in [0.29, 0.717) is 42.0 Å². The van der Waals surface area contributed by atoms with E-state index in [1.807, 2.05) is 81.4 Å². The maximum atomic E-state index is 12.9. The quantitative estimate of drug-likeness (QED) is 0.0318. The predicted octanol–water partition coefficient (Wildman–Crippen LogP) is 18.7. The van der Waals surface area contributed by atoms with Crippen LogP contribution in [0.25, 0.3) is 11.1 Å². The van der Waals surface area contributed by atoms with Crippen LogP contribution in [0.2, 0.25) is 0 Å². The summed E-state index contributed by atoms with van der Waals surface area (Å²) in [7, 11) is -0.988. The highest BCUT2D eigenvalue weighted by Gasteiger charge is 2.34. The van der Waals surface area contributed by atoms with Gasteiger partial charge in [-0.3, -0.25) is 0 Å². The average molecular weight is 1830 g/mol. The van der Waals surface area contributed by atoms with Gasteiger partial charge in [0.15, 0.2) is 19.8 Å². The maximum absolute atomic E-state index is 12.9. The van der Waals surface area contributed by atoms with Crippen molar-refractivity contribution in [2.24, 2.45) is 0 Å². The standard InChI is InChI=1S/C65H66I6O12S/c1-63(21-7-4-8-22-63)81-57(72)37-77-60-49(66)27-40(28-50(60)67)35-75-43-15-19-55-47(31-43)48-32-44(76-36-41-29-51(68)61(52(69)30-41)78-38-58(73)82-64(2)23-9-5-10-24-64)16-20-56(48)84(55)46-17-13-42(14-18-46)80-45-33-53(70)62(54(71)34-45)79-39-59(74)83-65(3)25-11-6-12-26-65/h13-20,27-34,84H,4-12,21-26,35-39H2,1-3H3. The molecule has 0 N–H and O–H groups in total. The summed E-state index contributed by atoms with van der Waals surface area (Å²) >= 11 is 13.5. The van der Waals surface area contributed by atoms with Crippen LogP contribution in [0, 0.1) is 21.4 Å². The van der Waals surface area contributed by atoms with Crippen LogP contribution >= 0.6 is 146 Å². The fourth-order valence-electron chi connectivity index (χ4n) is 11.5. The van der Waals surface area contributed by atoms with Crippen LogP contribution in [0.5, 0.6) is 40.2 Å². The van der Waals surface area contributed by atoms with Crippen LogP contribution in [0.4, 0.5) is 0 Å². The van der Waals surface area contributed by atoms with E-state index in [0.717, 1.165) is 137 Å². The molecular weight excluding hydrogens is 1770 g/mol. The lowest BCUT2D eigenvalue weighted by Gasteiger charge is -2.33. The molecule has 19 heteroatoms. The molecule has 446 valence electrons. The van der Waals surface area contributed by atoms with Crippen molar-refractivity contribution in [1.29, 1.82) is 0 Å². The minimum atomic E-state index is -0.988. The van der Waals surface area contributed by atoms with Crippen LogP contribution in [0.15, 0.2) is 112 Å². The van der Waals surface area contributed by atoms with Gasteiger partial charge in [0.05, 0.1) is 21.4 Å². The zero-order chi connectivity index (χ0) is 59.2. The molecule has 6 aromatic carbocycles. The van der Waals surface area contributed by atoms with Gasteiger partial charge >= 0.3 is 17.9 Å². The van der Waals surface area contributed by atoms with Crippen molar-refractivity contribution in [2.75, 3.05) is 19.8 Å². The van der Waals surface area contributed by atoms with Gasteiger partial charge in [-0.1, -0.05) is 19.3 Å². The molecule has 6 aromatic rings. The molecule has 0 radical (unpaired) electrons. The molecule has 10 rings (SSSR count). The smallest absolute Gasteiger partial charge is 0.344 e. The molecule has 1 aliphatic heterocycles. The number of halogens is 6. The highest BCUT2D eigenvalue weighted by atomic mass is 127. The third-order valence-corrected chi connectivity index (χ3v) is 23.1. The molecular formula is C65H66I6O12S. The molecule has 12 nitrogen and oxygen atoms in total. The number of hydrogen-bond acceptors (Lipinski definition) is 12. The van der Waals surface area contributed by atoms with Gasteiger partial charge in [0.2, 0.25) is 0 Å². The van der Waals surface area contributed by atoms with E-state index >= 15 is 0 Å². The van der Waals surface area contributed by atoms with Crippen molar-refractivity contribution >= 4 is 164 Å². The summed E-state index contributed by atoms with van der Waals surface area (Å²) in [6, 6.07) is 33.0. The van der Waals surface area contributed by atoms with E-state index in [9.17, 15) is 14.4 Å².